The Morgan fingerprint density at radius 3 is 2.33 bits per heavy atom. The second-order valence-electron chi connectivity index (χ2n) is 7.32. The Labute approximate surface area is 189 Å². The average Bonchev–Trinajstić information content (AvgIpc) is 2.74. The molecule has 0 saturated carbocycles. The number of hydrogen-bond donors (Lipinski definition) is 1. The fourth-order valence-corrected chi connectivity index (χ4v) is 3.99. The van der Waals surface area contributed by atoms with Gasteiger partial charge in [-0.1, -0.05) is 61.7 Å². The monoisotopic (exact) mass is 446 g/mol. The molecule has 4 nitrogen and oxygen atoms in total. The van der Waals surface area contributed by atoms with Crippen molar-refractivity contribution in [2.75, 3.05) is 12.3 Å². The number of thioether (sulfide) groups is 1. The minimum atomic E-state index is -0.497. The number of carbonyl (C=O) groups is 2. The fraction of sp³-hybridized carbons (Fsp3) is 0.417. The zero-order valence-electron chi connectivity index (χ0n) is 18.0. The number of aryl methyl sites for hydroxylation is 1. The summed E-state index contributed by atoms with van der Waals surface area (Å²) in [6.45, 7) is 7.08. The molecule has 1 N–H and O–H groups in total. The number of rotatable bonds is 11. The van der Waals surface area contributed by atoms with E-state index in [2.05, 4.69) is 12.2 Å². The molecule has 0 unspecified atom stereocenters. The smallest absolute Gasteiger partial charge is 0.242 e. The summed E-state index contributed by atoms with van der Waals surface area (Å²) in [7, 11) is 0. The Balaban J connectivity index is 2.15. The van der Waals surface area contributed by atoms with Crippen molar-refractivity contribution in [3.05, 3.63) is 64.7 Å². The van der Waals surface area contributed by atoms with E-state index in [0.29, 0.717) is 24.5 Å². The number of carbonyl (C=O) groups excluding carboxylic acids is 2. The van der Waals surface area contributed by atoms with Gasteiger partial charge in [0.15, 0.2) is 0 Å². The van der Waals surface area contributed by atoms with Crippen molar-refractivity contribution in [2.45, 2.75) is 57.5 Å². The van der Waals surface area contributed by atoms with E-state index in [0.717, 1.165) is 23.3 Å². The molecule has 2 aromatic carbocycles. The van der Waals surface area contributed by atoms with Crippen LogP contribution in [0.4, 0.5) is 0 Å². The Morgan fingerprint density at radius 2 is 1.73 bits per heavy atom. The van der Waals surface area contributed by atoms with Crippen molar-refractivity contribution >= 4 is 35.2 Å². The van der Waals surface area contributed by atoms with Crippen LogP contribution in [0, 0.1) is 6.92 Å². The summed E-state index contributed by atoms with van der Waals surface area (Å²) >= 11 is 7.50. The SMILES string of the molecule is CCCCNC(=O)[C@H](CC)N(Cc1ccc(Cl)cc1)C(=O)CSc1ccc(C)cc1. The molecule has 0 bridgehead atoms. The lowest BCUT2D eigenvalue weighted by molar-refractivity contribution is -0.139. The van der Waals surface area contributed by atoms with Gasteiger partial charge >= 0.3 is 0 Å². The molecule has 0 aliphatic rings. The number of nitrogens with one attached hydrogen (secondary N) is 1. The first-order chi connectivity index (χ1) is 14.4. The van der Waals surface area contributed by atoms with Gasteiger partial charge in [-0.05, 0) is 49.6 Å². The van der Waals surface area contributed by atoms with E-state index >= 15 is 0 Å². The first kappa shape index (κ1) is 24.3. The highest BCUT2D eigenvalue weighted by atomic mass is 35.5. The van der Waals surface area contributed by atoms with Crippen LogP contribution in [0.2, 0.25) is 5.02 Å². The standard InChI is InChI=1S/C24H31ClN2O2S/c1-4-6-15-26-24(29)22(5-2)27(16-19-9-11-20(25)12-10-19)23(28)17-30-21-13-7-18(3)8-14-21/h7-14,22H,4-6,15-17H2,1-3H3,(H,26,29)/t22-/m0/s1. The molecule has 2 aromatic rings. The van der Waals surface area contributed by atoms with Crippen LogP contribution in [0.3, 0.4) is 0 Å². The van der Waals surface area contributed by atoms with Gasteiger partial charge in [-0.15, -0.1) is 11.8 Å². The molecule has 1 atom stereocenters. The van der Waals surface area contributed by atoms with E-state index in [1.165, 1.54) is 17.3 Å². The van der Waals surface area contributed by atoms with Crippen LogP contribution in [0.1, 0.15) is 44.2 Å². The molecule has 0 radical (unpaired) electrons. The maximum absolute atomic E-state index is 13.2. The second-order valence-corrected chi connectivity index (χ2v) is 8.80. The van der Waals surface area contributed by atoms with Crippen molar-refractivity contribution in [3.63, 3.8) is 0 Å². The summed E-state index contributed by atoms with van der Waals surface area (Å²) in [5.74, 6) is 0.150. The van der Waals surface area contributed by atoms with Gasteiger partial charge in [0.1, 0.15) is 6.04 Å². The molecule has 0 aliphatic carbocycles. The molecule has 0 aliphatic heterocycles. The number of unbranched alkanes of at least 4 members (excludes halogenated alkanes) is 1. The van der Waals surface area contributed by atoms with E-state index in [1.807, 2.05) is 62.4 Å². The molecule has 0 heterocycles. The molecule has 0 fully saturated rings. The lowest BCUT2D eigenvalue weighted by Crippen LogP contribution is -2.49. The highest BCUT2D eigenvalue weighted by Crippen LogP contribution is 2.21. The third-order valence-electron chi connectivity index (χ3n) is 4.86. The summed E-state index contributed by atoms with van der Waals surface area (Å²) in [6.07, 6.45) is 2.50. The van der Waals surface area contributed by atoms with Crippen molar-refractivity contribution in [2.24, 2.45) is 0 Å². The van der Waals surface area contributed by atoms with Crippen LogP contribution < -0.4 is 5.32 Å². The zero-order valence-corrected chi connectivity index (χ0v) is 19.6. The fourth-order valence-electron chi connectivity index (χ4n) is 3.07. The topological polar surface area (TPSA) is 49.4 Å². The Hall–Kier alpha value is -1.98. The second kappa shape index (κ2) is 12.7. The minimum absolute atomic E-state index is 0.0481. The maximum atomic E-state index is 13.2. The Kier molecular flexibility index (Phi) is 10.2. The molecular formula is C24H31ClN2O2S. The maximum Gasteiger partial charge on any atom is 0.242 e. The first-order valence-electron chi connectivity index (χ1n) is 10.5. The molecular weight excluding hydrogens is 416 g/mol. The van der Waals surface area contributed by atoms with Gasteiger partial charge < -0.3 is 10.2 Å². The van der Waals surface area contributed by atoms with Gasteiger partial charge in [-0.25, -0.2) is 0 Å². The number of amides is 2. The van der Waals surface area contributed by atoms with Gasteiger partial charge in [-0.2, -0.15) is 0 Å². The van der Waals surface area contributed by atoms with Crippen molar-refractivity contribution in [1.82, 2.24) is 10.2 Å². The number of hydrogen-bond acceptors (Lipinski definition) is 3. The first-order valence-corrected chi connectivity index (χ1v) is 11.8. The summed E-state index contributed by atoms with van der Waals surface area (Å²) in [5.41, 5.74) is 2.14. The summed E-state index contributed by atoms with van der Waals surface area (Å²) < 4.78 is 0. The number of benzene rings is 2. The van der Waals surface area contributed by atoms with E-state index in [-0.39, 0.29) is 17.6 Å². The van der Waals surface area contributed by atoms with Gasteiger partial charge in [0.05, 0.1) is 5.75 Å². The minimum Gasteiger partial charge on any atom is -0.354 e. The quantitative estimate of drug-likeness (QED) is 0.368. The van der Waals surface area contributed by atoms with Crippen LogP contribution in [0.15, 0.2) is 53.4 Å². The molecule has 2 amide bonds. The third kappa shape index (κ3) is 7.69. The lowest BCUT2D eigenvalue weighted by atomic mass is 10.1. The molecule has 2 rings (SSSR count). The Morgan fingerprint density at radius 1 is 1.07 bits per heavy atom. The van der Waals surface area contributed by atoms with Crippen LogP contribution >= 0.6 is 23.4 Å². The molecule has 6 heteroatoms. The number of nitrogens with zero attached hydrogens (tertiary/aromatic N) is 1. The van der Waals surface area contributed by atoms with Gasteiger partial charge in [0.25, 0.3) is 0 Å². The normalized spacial score (nSPS) is 11.7. The van der Waals surface area contributed by atoms with Gasteiger partial charge in [-0.3, -0.25) is 9.59 Å². The summed E-state index contributed by atoms with van der Waals surface area (Å²) in [6, 6.07) is 15.0. The van der Waals surface area contributed by atoms with Crippen molar-refractivity contribution in [3.8, 4) is 0 Å². The highest BCUT2D eigenvalue weighted by Gasteiger charge is 2.28. The third-order valence-corrected chi connectivity index (χ3v) is 6.11. The van der Waals surface area contributed by atoms with Crippen LogP contribution in [0.5, 0.6) is 0 Å². The van der Waals surface area contributed by atoms with Crippen LogP contribution in [-0.2, 0) is 16.1 Å². The van der Waals surface area contributed by atoms with E-state index in [9.17, 15) is 9.59 Å². The lowest BCUT2D eigenvalue weighted by Gasteiger charge is -2.30. The molecule has 0 aromatic heterocycles. The van der Waals surface area contributed by atoms with E-state index < -0.39 is 6.04 Å². The predicted octanol–water partition coefficient (Wildman–Crippen LogP) is 5.46. The van der Waals surface area contributed by atoms with Crippen LogP contribution in [0.25, 0.3) is 0 Å². The van der Waals surface area contributed by atoms with Gasteiger partial charge in [0.2, 0.25) is 11.8 Å². The summed E-state index contributed by atoms with van der Waals surface area (Å²) in [5, 5.41) is 3.63. The molecule has 162 valence electrons. The van der Waals surface area contributed by atoms with Crippen LogP contribution in [-0.4, -0.2) is 35.1 Å². The average molecular weight is 447 g/mol. The Bertz CT molecular complexity index is 809. The van der Waals surface area contributed by atoms with Crippen molar-refractivity contribution in [1.29, 1.82) is 0 Å². The number of halogens is 1. The van der Waals surface area contributed by atoms with E-state index in [4.69, 9.17) is 11.6 Å². The largest absolute Gasteiger partial charge is 0.354 e. The zero-order chi connectivity index (χ0) is 21.9. The summed E-state index contributed by atoms with van der Waals surface area (Å²) in [4.78, 5) is 28.7. The highest BCUT2D eigenvalue weighted by molar-refractivity contribution is 8.00. The van der Waals surface area contributed by atoms with Crippen molar-refractivity contribution < 1.29 is 9.59 Å². The molecule has 0 spiro atoms. The molecule has 0 saturated heterocycles. The van der Waals surface area contributed by atoms with E-state index in [1.54, 1.807) is 4.90 Å². The molecule has 30 heavy (non-hydrogen) atoms. The predicted molar refractivity (Wildman–Crippen MR) is 126 cm³/mol. The van der Waals surface area contributed by atoms with Gasteiger partial charge in [0, 0.05) is 23.0 Å².